The van der Waals surface area contributed by atoms with Crippen LogP contribution in [0.3, 0.4) is 0 Å². The van der Waals surface area contributed by atoms with E-state index in [1.165, 1.54) is 0 Å². The molecule has 0 saturated heterocycles. The number of carboxylic acids is 2. The third kappa shape index (κ3) is 2.01. The number of hydrogen-bond donors (Lipinski definition) is 2. The Bertz CT molecular complexity index is 741. The number of benzene rings is 1. The monoisotopic (exact) mass is 285 g/mol. The first-order chi connectivity index (χ1) is 10.0. The first-order valence-corrected chi connectivity index (χ1v) is 6.79. The third-order valence-corrected chi connectivity index (χ3v) is 3.92. The SMILES string of the molecule is Cc1ccc(-c2c(C(=O)O)c(C(=O)O)c3n2CCC3)cc1. The highest BCUT2D eigenvalue weighted by Crippen LogP contribution is 2.36. The molecule has 0 bridgehead atoms. The Morgan fingerprint density at radius 2 is 1.67 bits per heavy atom. The highest BCUT2D eigenvalue weighted by Gasteiger charge is 2.33. The van der Waals surface area contributed by atoms with Gasteiger partial charge in [-0.2, -0.15) is 0 Å². The molecular weight excluding hydrogens is 270 g/mol. The molecular formula is C16H15NO4. The van der Waals surface area contributed by atoms with E-state index >= 15 is 0 Å². The molecule has 0 atom stereocenters. The van der Waals surface area contributed by atoms with E-state index in [9.17, 15) is 19.8 Å². The van der Waals surface area contributed by atoms with Gasteiger partial charge in [0, 0.05) is 12.2 Å². The second-order valence-corrected chi connectivity index (χ2v) is 5.28. The molecule has 2 heterocycles. The van der Waals surface area contributed by atoms with Crippen LogP contribution in [0.4, 0.5) is 0 Å². The van der Waals surface area contributed by atoms with Crippen molar-refractivity contribution in [1.29, 1.82) is 0 Å². The van der Waals surface area contributed by atoms with Crippen LogP contribution in [0.25, 0.3) is 11.3 Å². The van der Waals surface area contributed by atoms with Gasteiger partial charge in [0.1, 0.15) is 0 Å². The summed E-state index contributed by atoms with van der Waals surface area (Å²) in [6.07, 6.45) is 1.45. The van der Waals surface area contributed by atoms with Gasteiger partial charge in [0.15, 0.2) is 0 Å². The van der Waals surface area contributed by atoms with Crippen LogP contribution in [0.1, 0.15) is 38.4 Å². The van der Waals surface area contributed by atoms with Gasteiger partial charge in [-0.15, -0.1) is 0 Å². The molecule has 21 heavy (non-hydrogen) atoms. The van der Waals surface area contributed by atoms with Crippen molar-refractivity contribution in [3.8, 4) is 11.3 Å². The highest BCUT2D eigenvalue weighted by atomic mass is 16.4. The van der Waals surface area contributed by atoms with Crippen LogP contribution < -0.4 is 0 Å². The lowest BCUT2D eigenvalue weighted by atomic mass is 10.0. The van der Waals surface area contributed by atoms with Crippen molar-refractivity contribution in [1.82, 2.24) is 4.57 Å². The zero-order valence-corrected chi connectivity index (χ0v) is 11.6. The molecule has 1 aliphatic heterocycles. The number of aromatic nitrogens is 1. The smallest absolute Gasteiger partial charge is 0.338 e. The number of carbonyl (C=O) groups is 2. The second-order valence-electron chi connectivity index (χ2n) is 5.28. The summed E-state index contributed by atoms with van der Waals surface area (Å²) in [5.41, 5.74) is 2.79. The van der Waals surface area contributed by atoms with E-state index in [-0.39, 0.29) is 11.1 Å². The third-order valence-electron chi connectivity index (χ3n) is 3.92. The van der Waals surface area contributed by atoms with Gasteiger partial charge in [-0.3, -0.25) is 0 Å². The van der Waals surface area contributed by atoms with Gasteiger partial charge in [-0.05, 0) is 25.3 Å². The van der Waals surface area contributed by atoms with Crippen LogP contribution in [-0.4, -0.2) is 26.7 Å². The Morgan fingerprint density at radius 1 is 1.05 bits per heavy atom. The van der Waals surface area contributed by atoms with Gasteiger partial charge in [0.05, 0.1) is 16.8 Å². The van der Waals surface area contributed by atoms with Gasteiger partial charge in [0.25, 0.3) is 0 Å². The molecule has 0 fully saturated rings. The van der Waals surface area contributed by atoms with Crippen molar-refractivity contribution in [2.75, 3.05) is 0 Å². The lowest BCUT2D eigenvalue weighted by Gasteiger charge is -2.08. The molecule has 5 nitrogen and oxygen atoms in total. The summed E-state index contributed by atoms with van der Waals surface area (Å²) in [4.78, 5) is 23.1. The van der Waals surface area contributed by atoms with Gasteiger partial charge >= 0.3 is 11.9 Å². The van der Waals surface area contributed by atoms with Crippen LogP contribution in [0.2, 0.25) is 0 Å². The number of rotatable bonds is 3. The molecule has 1 aromatic heterocycles. The van der Waals surface area contributed by atoms with Crippen molar-refractivity contribution in [3.63, 3.8) is 0 Å². The number of fused-ring (bicyclic) bond motifs is 1. The van der Waals surface area contributed by atoms with E-state index in [0.29, 0.717) is 24.4 Å². The fraction of sp³-hybridized carbons (Fsp3) is 0.250. The van der Waals surface area contributed by atoms with Gasteiger partial charge in [-0.1, -0.05) is 29.8 Å². The molecule has 0 aliphatic carbocycles. The first-order valence-electron chi connectivity index (χ1n) is 6.79. The molecule has 1 aliphatic rings. The average Bonchev–Trinajstić information content (AvgIpc) is 2.98. The topological polar surface area (TPSA) is 79.5 Å². The summed E-state index contributed by atoms with van der Waals surface area (Å²) in [5, 5.41) is 18.9. The summed E-state index contributed by atoms with van der Waals surface area (Å²) in [5.74, 6) is -2.36. The van der Waals surface area contributed by atoms with Crippen LogP contribution in [0, 0.1) is 6.92 Å². The summed E-state index contributed by atoms with van der Waals surface area (Å²) >= 11 is 0. The van der Waals surface area contributed by atoms with Crippen molar-refractivity contribution in [2.45, 2.75) is 26.3 Å². The summed E-state index contributed by atoms with van der Waals surface area (Å²) in [6, 6.07) is 7.48. The maximum Gasteiger partial charge on any atom is 0.338 e. The van der Waals surface area contributed by atoms with Crippen molar-refractivity contribution >= 4 is 11.9 Å². The van der Waals surface area contributed by atoms with E-state index in [1.54, 1.807) is 0 Å². The summed E-state index contributed by atoms with van der Waals surface area (Å²) in [7, 11) is 0. The van der Waals surface area contributed by atoms with Crippen LogP contribution in [0.15, 0.2) is 24.3 Å². The standard InChI is InChI=1S/C16H15NO4/c1-9-4-6-10(7-5-9)14-13(16(20)21)12(15(18)19)11-3-2-8-17(11)14/h4-7H,2-3,8H2,1H3,(H,18,19)(H,20,21). The minimum atomic E-state index is -1.19. The Labute approximate surface area is 121 Å². The van der Waals surface area contributed by atoms with E-state index in [0.717, 1.165) is 17.5 Å². The maximum absolute atomic E-state index is 11.6. The second kappa shape index (κ2) is 4.77. The van der Waals surface area contributed by atoms with Gasteiger partial charge in [-0.25, -0.2) is 9.59 Å². The molecule has 5 heteroatoms. The van der Waals surface area contributed by atoms with Gasteiger partial charge < -0.3 is 14.8 Å². The summed E-state index contributed by atoms with van der Waals surface area (Å²) in [6.45, 7) is 2.61. The largest absolute Gasteiger partial charge is 0.478 e. The lowest BCUT2D eigenvalue weighted by molar-refractivity contribution is 0.0652. The Hall–Kier alpha value is -2.56. The molecule has 0 saturated carbocycles. The fourth-order valence-electron chi connectivity index (χ4n) is 3.03. The molecule has 0 spiro atoms. The Kier molecular flexibility index (Phi) is 3.05. The van der Waals surface area contributed by atoms with Crippen LogP contribution in [0.5, 0.6) is 0 Å². The van der Waals surface area contributed by atoms with E-state index in [4.69, 9.17) is 0 Å². The molecule has 1 aromatic carbocycles. The highest BCUT2D eigenvalue weighted by molar-refractivity contribution is 6.07. The van der Waals surface area contributed by atoms with Crippen molar-refractivity contribution in [3.05, 3.63) is 46.6 Å². The predicted molar refractivity (Wildman–Crippen MR) is 76.8 cm³/mol. The lowest BCUT2D eigenvalue weighted by Crippen LogP contribution is -2.08. The fourth-order valence-corrected chi connectivity index (χ4v) is 3.03. The number of carboxylic acid groups (broad SMARTS) is 2. The minimum Gasteiger partial charge on any atom is -0.478 e. The van der Waals surface area contributed by atoms with Crippen molar-refractivity contribution in [2.24, 2.45) is 0 Å². The molecule has 2 N–H and O–H groups in total. The molecule has 0 radical (unpaired) electrons. The van der Waals surface area contributed by atoms with E-state index in [2.05, 4.69) is 0 Å². The van der Waals surface area contributed by atoms with Crippen LogP contribution in [-0.2, 0) is 13.0 Å². The van der Waals surface area contributed by atoms with Crippen LogP contribution >= 0.6 is 0 Å². The molecule has 108 valence electrons. The Balaban J connectivity index is 2.33. The first kappa shape index (κ1) is 13.4. The summed E-state index contributed by atoms with van der Waals surface area (Å²) < 4.78 is 1.84. The molecule has 0 unspecified atom stereocenters. The predicted octanol–water partition coefficient (Wildman–Crippen LogP) is 2.81. The number of nitrogens with zero attached hydrogens (tertiary/aromatic N) is 1. The van der Waals surface area contributed by atoms with E-state index in [1.807, 2.05) is 35.8 Å². The van der Waals surface area contributed by atoms with Crippen molar-refractivity contribution < 1.29 is 19.8 Å². The number of aromatic carboxylic acids is 2. The number of hydrogen-bond acceptors (Lipinski definition) is 2. The number of aryl methyl sites for hydroxylation is 1. The molecule has 2 aromatic rings. The normalized spacial score (nSPS) is 13.2. The minimum absolute atomic E-state index is 0.0597. The molecule has 0 amide bonds. The Morgan fingerprint density at radius 3 is 2.24 bits per heavy atom. The quantitative estimate of drug-likeness (QED) is 0.908. The molecule has 3 rings (SSSR count). The zero-order valence-electron chi connectivity index (χ0n) is 11.6. The maximum atomic E-state index is 11.6. The van der Waals surface area contributed by atoms with Gasteiger partial charge in [0.2, 0.25) is 0 Å². The average molecular weight is 285 g/mol. The zero-order chi connectivity index (χ0) is 15.1. The van der Waals surface area contributed by atoms with E-state index < -0.39 is 11.9 Å².